The Labute approximate surface area is 101 Å². The summed E-state index contributed by atoms with van der Waals surface area (Å²) in [5, 5.41) is 6.13. The van der Waals surface area contributed by atoms with Gasteiger partial charge in [-0.15, -0.1) is 0 Å². The Bertz CT molecular complexity index is 370. The predicted octanol–water partition coefficient (Wildman–Crippen LogP) is 1.84. The summed E-state index contributed by atoms with van der Waals surface area (Å²) < 4.78 is 5.20. The first-order valence-electron chi connectivity index (χ1n) is 6.00. The summed E-state index contributed by atoms with van der Waals surface area (Å²) in [5.41, 5.74) is 1.15. The molecule has 0 aliphatic carbocycles. The number of piperidine rings is 1. The van der Waals surface area contributed by atoms with E-state index in [1.165, 1.54) is 0 Å². The van der Waals surface area contributed by atoms with Crippen molar-refractivity contribution in [2.45, 2.75) is 25.8 Å². The minimum Gasteiger partial charge on any atom is -0.410 e. The van der Waals surface area contributed by atoms with Crippen molar-refractivity contribution >= 4 is 6.09 Å². The van der Waals surface area contributed by atoms with E-state index in [1.807, 2.05) is 19.1 Å². The van der Waals surface area contributed by atoms with Gasteiger partial charge in [0.25, 0.3) is 0 Å². The second-order valence-electron chi connectivity index (χ2n) is 4.37. The van der Waals surface area contributed by atoms with Crippen LogP contribution in [0.15, 0.2) is 24.3 Å². The van der Waals surface area contributed by atoms with Crippen molar-refractivity contribution in [2.24, 2.45) is 0 Å². The molecule has 1 aromatic carbocycles. The second kappa shape index (κ2) is 5.68. The van der Waals surface area contributed by atoms with Crippen molar-refractivity contribution in [2.75, 3.05) is 13.1 Å². The summed E-state index contributed by atoms with van der Waals surface area (Å²) in [5.74, 6) is 0.585. The van der Waals surface area contributed by atoms with Gasteiger partial charge in [-0.25, -0.2) is 4.79 Å². The van der Waals surface area contributed by atoms with Gasteiger partial charge in [0.2, 0.25) is 0 Å². The van der Waals surface area contributed by atoms with Crippen LogP contribution in [-0.2, 0) is 0 Å². The molecule has 1 fully saturated rings. The first-order chi connectivity index (χ1) is 8.24. The van der Waals surface area contributed by atoms with E-state index < -0.39 is 0 Å². The van der Waals surface area contributed by atoms with Crippen LogP contribution in [-0.4, -0.2) is 25.2 Å². The monoisotopic (exact) mass is 234 g/mol. The van der Waals surface area contributed by atoms with Gasteiger partial charge < -0.3 is 15.4 Å². The van der Waals surface area contributed by atoms with Crippen LogP contribution in [0.1, 0.15) is 18.4 Å². The smallest absolute Gasteiger partial charge is 0.410 e. The van der Waals surface area contributed by atoms with E-state index in [9.17, 15) is 4.79 Å². The van der Waals surface area contributed by atoms with E-state index in [0.717, 1.165) is 31.5 Å². The van der Waals surface area contributed by atoms with Crippen LogP contribution >= 0.6 is 0 Å². The molecule has 17 heavy (non-hydrogen) atoms. The van der Waals surface area contributed by atoms with E-state index in [0.29, 0.717) is 5.75 Å². The molecule has 0 unspecified atom stereocenters. The van der Waals surface area contributed by atoms with Gasteiger partial charge in [-0.1, -0.05) is 17.7 Å². The Morgan fingerprint density at radius 3 is 2.59 bits per heavy atom. The molecule has 1 aromatic rings. The van der Waals surface area contributed by atoms with Crippen molar-refractivity contribution in [3.8, 4) is 5.75 Å². The molecule has 4 nitrogen and oxygen atoms in total. The van der Waals surface area contributed by atoms with E-state index in [4.69, 9.17) is 4.74 Å². The lowest BCUT2D eigenvalue weighted by Crippen LogP contribution is -2.43. The highest BCUT2D eigenvalue weighted by molar-refractivity contribution is 5.70. The minimum absolute atomic E-state index is 0.231. The molecule has 0 bridgehead atoms. The molecule has 1 amide bonds. The number of benzene rings is 1. The maximum atomic E-state index is 11.6. The van der Waals surface area contributed by atoms with Crippen LogP contribution in [0.5, 0.6) is 5.75 Å². The quantitative estimate of drug-likeness (QED) is 0.821. The van der Waals surface area contributed by atoms with Crippen molar-refractivity contribution in [3.63, 3.8) is 0 Å². The lowest BCUT2D eigenvalue weighted by molar-refractivity contribution is 0.193. The van der Waals surface area contributed by atoms with Gasteiger partial charge in [0.05, 0.1) is 0 Å². The zero-order valence-corrected chi connectivity index (χ0v) is 10.0. The molecule has 1 heterocycles. The number of hydrogen-bond donors (Lipinski definition) is 2. The summed E-state index contributed by atoms with van der Waals surface area (Å²) in [7, 11) is 0. The van der Waals surface area contributed by atoms with Crippen LogP contribution in [0.2, 0.25) is 0 Å². The maximum absolute atomic E-state index is 11.6. The predicted molar refractivity (Wildman–Crippen MR) is 66.2 cm³/mol. The first kappa shape index (κ1) is 11.9. The summed E-state index contributed by atoms with van der Waals surface area (Å²) >= 11 is 0. The Kier molecular flexibility index (Phi) is 3.98. The Morgan fingerprint density at radius 1 is 1.29 bits per heavy atom. The zero-order valence-electron chi connectivity index (χ0n) is 10.0. The van der Waals surface area contributed by atoms with Crippen molar-refractivity contribution in [1.29, 1.82) is 0 Å². The summed E-state index contributed by atoms with van der Waals surface area (Å²) in [6.45, 7) is 3.91. The SMILES string of the molecule is Cc1ccc(OC(=O)NC2CCNCC2)cc1. The number of ether oxygens (including phenoxy) is 1. The van der Waals surface area contributed by atoms with Crippen LogP contribution in [0.4, 0.5) is 4.79 Å². The number of hydrogen-bond acceptors (Lipinski definition) is 3. The number of nitrogens with one attached hydrogen (secondary N) is 2. The van der Waals surface area contributed by atoms with Gasteiger partial charge >= 0.3 is 6.09 Å². The van der Waals surface area contributed by atoms with Crippen LogP contribution in [0.25, 0.3) is 0 Å². The van der Waals surface area contributed by atoms with Crippen LogP contribution < -0.4 is 15.4 Å². The Morgan fingerprint density at radius 2 is 1.94 bits per heavy atom. The van der Waals surface area contributed by atoms with Gasteiger partial charge in [0, 0.05) is 6.04 Å². The Balaban J connectivity index is 1.82. The maximum Gasteiger partial charge on any atom is 0.412 e. The molecule has 4 heteroatoms. The summed E-state index contributed by atoms with van der Waals surface area (Å²) in [6, 6.07) is 7.68. The lowest BCUT2D eigenvalue weighted by Gasteiger charge is -2.23. The van der Waals surface area contributed by atoms with Crippen molar-refractivity contribution < 1.29 is 9.53 Å². The molecule has 1 saturated heterocycles. The van der Waals surface area contributed by atoms with Gasteiger partial charge in [0.1, 0.15) is 5.75 Å². The van der Waals surface area contributed by atoms with Gasteiger partial charge in [0.15, 0.2) is 0 Å². The highest BCUT2D eigenvalue weighted by Crippen LogP contribution is 2.12. The Hall–Kier alpha value is -1.55. The fraction of sp³-hybridized carbons (Fsp3) is 0.462. The second-order valence-corrected chi connectivity index (χ2v) is 4.37. The molecule has 1 aliphatic heterocycles. The molecule has 0 radical (unpaired) electrons. The summed E-state index contributed by atoms with van der Waals surface area (Å²) in [6.07, 6.45) is 1.56. The third-order valence-electron chi connectivity index (χ3n) is 2.89. The molecule has 0 spiro atoms. The fourth-order valence-electron chi connectivity index (χ4n) is 1.88. The average molecular weight is 234 g/mol. The molecule has 0 aromatic heterocycles. The van der Waals surface area contributed by atoms with E-state index >= 15 is 0 Å². The highest BCUT2D eigenvalue weighted by atomic mass is 16.6. The third-order valence-corrected chi connectivity index (χ3v) is 2.89. The molecule has 1 aliphatic rings. The number of amides is 1. The number of carbonyl (C=O) groups is 1. The fourth-order valence-corrected chi connectivity index (χ4v) is 1.88. The van der Waals surface area contributed by atoms with Gasteiger partial charge in [-0.05, 0) is 45.0 Å². The van der Waals surface area contributed by atoms with E-state index in [-0.39, 0.29) is 12.1 Å². The first-order valence-corrected chi connectivity index (χ1v) is 6.00. The zero-order chi connectivity index (χ0) is 12.1. The van der Waals surface area contributed by atoms with Gasteiger partial charge in [-0.3, -0.25) is 0 Å². The number of rotatable bonds is 2. The topological polar surface area (TPSA) is 50.4 Å². The molecule has 92 valence electrons. The molecule has 0 saturated carbocycles. The number of carbonyl (C=O) groups excluding carboxylic acids is 1. The number of aryl methyl sites for hydroxylation is 1. The molecule has 2 N–H and O–H groups in total. The van der Waals surface area contributed by atoms with Crippen molar-refractivity contribution in [1.82, 2.24) is 10.6 Å². The molecular formula is C13H18N2O2. The molecule has 2 rings (SSSR count). The summed E-state index contributed by atoms with van der Waals surface area (Å²) in [4.78, 5) is 11.6. The third kappa shape index (κ3) is 3.75. The lowest BCUT2D eigenvalue weighted by atomic mass is 10.1. The molecular weight excluding hydrogens is 216 g/mol. The molecule has 0 atom stereocenters. The van der Waals surface area contributed by atoms with Gasteiger partial charge in [-0.2, -0.15) is 0 Å². The van der Waals surface area contributed by atoms with E-state index in [1.54, 1.807) is 12.1 Å². The van der Waals surface area contributed by atoms with Crippen LogP contribution in [0, 0.1) is 6.92 Å². The standard InChI is InChI=1S/C13H18N2O2/c1-10-2-4-12(5-3-10)17-13(16)15-11-6-8-14-9-7-11/h2-5,11,14H,6-9H2,1H3,(H,15,16). The largest absolute Gasteiger partial charge is 0.412 e. The highest BCUT2D eigenvalue weighted by Gasteiger charge is 2.16. The van der Waals surface area contributed by atoms with Crippen LogP contribution in [0.3, 0.4) is 0 Å². The minimum atomic E-state index is -0.360. The average Bonchev–Trinajstić information content (AvgIpc) is 2.33. The normalized spacial score (nSPS) is 16.5. The van der Waals surface area contributed by atoms with E-state index in [2.05, 4.69) is 10.6 Å². The van der Waals surface area contributed by atoms with Crippen molar-refractivity contribution in [3.05, 3.63) is 29.8 Å².